The van der Waals surface area contributed by atoms with Gasteiger partial charge in [-0.15, -0.1) is 10.2 Å². The lowest BCUT2D eigenvalue weighted by atomic mass is 9.61. The first kappa shape index (κ1) is 18.3. The Labute approximate surface area is 178 Å². The molecule has 1 aromatic heterocycles. The van der Waals surface area contributed by atoms with Crippen LogP contribution in [0, 0.1) is 5.41 Å². The molecule has 154 valence electrons. The minimum Gasteiger partial charge on any atom is -0.177 e. The number of aromatic amines is 1. The summed E-state index contributed by atoms with van der Waals surface area (Å²) >= 11 is 0. The van der Waals surface area contributed by atoms with Crippen molar-refractivity contribution < 1.29 is 0 Å². The monoisotopic (exact) mass is 398 g/mol. The van der Waals surface area contributed by atoms with E-state index in [1.165, 1.54) is 24.0 Å². The number of H-pyrrole nitrogens is 1. The molecule has 1 heterocycles. The number of rotatable bonds is 2. The molecule has 0 amide bonds. The van der Waals surface area contributed by atoms with E-state index in [9.17, 15) is 0 Å². The third kappa shape index (κ3) is 2.15. The number of hydrogen-bond acceptors (Lipinski definition) is 3. The van der Waals surface area contributed by atoms with Crippen molar-refractivity contribution in [1.82, 2.24) is 20.6 Å². The summed E-state index contributed by atoms with van der Waals surface area (Å²) in [6.07, 6.45) is 2.49. The van der Waals surface area contributed by atoms with Crippen LogP contribution >= 0.6 is 0 Å². The van der Waals surface area contributed by atoms with E-state index in [0.717, 1.165) is 5.82 Å². The zero-order valence-corrected chi connectivity index (χ0v) is 18.5. The van der Waals surface area contributed by atoms with Crippen molar-refractivity contribution in [3.8, 4) is 0 Å². The van der Waals surface area contributed by atoms with Gasteiger partial charge in [-0.3, -0.25) is 0 Å². The zero-order chi connectivity index (χ0) is 20.9. The lowest BCUT2D eigenvalue weighted by Gasteiger charge is -2.43. The second-order valence-corrected chi connectivity index (χ2v) is 11.2. The van der Waals surface area contributed by atoms with Gasteiger partial charge in [0.05, 0.1) is 5.92 Å². The second kappa shape index (κ2) is 5.60. The summed E-state index contributed by atoms with van der Waals surface area (Å²) in [6, 6.07) is 16.0. The van der Waals surface area contributed by atoms with Crippen LogP contribution < -0.4 is 0 Å². The molecule has 0 bridgehead atoms. The average molecular weight is 399 g/mol. The lowest BCUT2D eigenvalue weighted by Crippen LogP contribution is -2.35. The third-order valence-corrected chi connectivity index (χ3v) is 8.66. The molecule has 4 unspecified atom stereocenters. The lowest BCUT2D eigenvalue weighted by molar-refractivity contribution is 0.328. The molecule has 1 fully saturated rings. The summed E-state index contributed by atoms with van der Waals surface area (Å²) in [4.78, 5) is 0. The van der Waals surface area contributed by atoms with Crippen LogP contribution in [0.3, 0.4) is 0 Å². The first-order chi connectivity index (χ1) is 14.3. The van der Waals surface area contributed by atoms with Gasteiger partial charge >= 0.3 is 0 Å². The highest BCUT2D eigenvalue weighted by molar-refractivity contribution is 5.61. The van der Waals surface area contributed by atoms with Crippen molar-refractivity contribution in [3.05, 3.63) is 76.1 Å². The van der Waals surface area contributed by atoms with Crippen LogP contribution in [0.2, 0.25) is 0 Å². The smallest absolute Gasteiger partial charge is 0.177 e. The molecule has 1 saturated carbocycles. The summed E-state index contributed by atoms with van der Waals surface area (Å²) in [5.41, 5.74) is 8.10. The van der Waals surface area contributed by atoms with Crippen LogP contribution in [-0.4, -0.2) is 20.6 Å². The Hall–Kier alpha value is -2.49. The number of nitrogens with zero attached hydrogens (tertiary/aromatic N) is 3. The molecule has 1 N–H and O–H groups in total. The van der Waals surface area contributed by atoms with Gasteiger partial charge in [0, 0.05) is 0 Å². The largest absolute Gasteiger partial charge is 0.182 e. The molecule has 4 nitrogen and oxygen atoms in total. The van der Waals surface area contributed by atoms with Gasteiger partial charge in [-0.1, -0.05) is 82.3 Å². The second-order valence-electron chi connectivity index (χ2n) is 11.2. The number of benzene rings is 2. The Kier molecular flexibility index (Phi) is 3.41. The van der Waals surface area contributed by atoms with E-state index in [2.05, 4.69) is 97.7 Å². The van der Waals surface area contributed by atoms with Gasteiger partial charge in [0.15, 0.2) is 5.82 Å². The summed E-state index contributed by atoms with van der Waals surface area (Å²) in [5, 5.41) is 15.5. The number of nitrogens with one attached hydrogen (secondary N) is 1. The van der Waals surface area contributed by atoms with Crippen LogP contribution in [0.5, 0.6) is 0 Å². The highest BCUT2D eigenvalue weighted by Gasteiger charge is 2.72. The topological polar surface area (TPSA) is 54.5 Å². The van der Waals surface area contributed by atoms with E-state index in [4.69, 9.17) is 0 Å². The molecular weight excluding hydrogens is 368 g/mol. The maximum atomic E-state index is 4.44. The normalized spacial score (nSPS) is 32.2. The zero-order valence-electron chi connectivity index (χ0n) is 18.5. The summed E-state index contributed by atoms with van der Waals surface area (Å²) in [6.45, 7) is 12.2. The van der Waals surface area contributed by atoms with Crippen LogP contribution in [0.4, 0.5) is 0 Å². The van der Waals surface area contributed by atoms with Gasteiger partial charge in [0.25, 0.3) is 0 Å². The molecule has 2 aromatic carbocycles. The molecule has 0 saturated heterocycles. The Morgan fingerprint density at radius 2 is 1.47 bits per heavy atom. The summed E-state index contributed by atoms with van der Waals surface area (Å²) in [7, 11) is 0. The molecule has 4 heteroatoms. The van der Waals surface area contributed by atoms with Gasteiger partial charge in [-0.05, 0) is 68.7 Å². The fourth-order valence-corrected chi connectivity index (χ4v) is 7.06. The van der Waals surface area contributed by atoms with Crippen LogP contribution in [0.25, 0.3) is 0 Å². The first-order valence-electron chi connectivity index (χ1n) is 11.2. The van der Waals surface area contributed by atoms with E-state index in [-0.39, 0.29) is 22.2 Å². The van der Waals surface area contributed by atoms with Crippen molar-refractivity contribution in [2.75, 3.05) is 0 Å². The predicted octanol–water partition coefficient (Wildman–Crippen LogP) is 5.58. The minimum absolute atomic E-state index is 0.0976. The highest BCUT2D eigenvalue weighted by Crippen LogP contribution is 2.81. The van der Waals surface area contributed by atoms with Crippen LogP contribution in [-0.2, 0) is 10.8 Å². The molecule has 0 aliphatic heterocycles. The molecule has 6 rings (SSSR count). The van der Waals surface area contributed by atoms with Crippen molar-refractivity contribution in [1.29, 1.82) is 0 Å². The van der Waals surface area contributed by atoms with Crippen molar-refractivity contribution in [2.24, 2.45) is 5.41 Å². The van der Waals surface area contributed by atoms with Gasteiger partial charge in [0.2, 0.25) is 0 Å². The number of tetrazole rings is 1. The average Bonchev–Trinajstić information content (AvgIpc) is 3.02. The van der Waals surface area contributed by atoms with Crippen molar-refractivity contribution >= 4 is 0 Å². The number of fused-ring (bicyclic) bond motifs is 4. The SMILES string of the molecule is CC1(C)CCC(C)(C)c2c(C3C4c5ccccc5C(c5nn[nH]n5)C43C)cccc21. The van der Waals surface area contributed by atoms with E-state index >= 15 is 0 Å². The molecule has 4 atom stereocenters. The number of aromatic nitrogens is 4. The summed E-state index contributed by atoms with van der Waals surface area (Å²) in [5.74, 6) is 2.04. The fraction of sp³-hybridized carbons (Fsp3) is 0.500. The van der Waals surface area contributed by atoms with Gasteiger partial charge in [0.1, 0.15) is 0 Å². The fourth-order valence-electron chi connectivity index (χ4n) is 7.06. The molecule has 3 aromatic rings. The predicted molar refractivity (Wildman–Crippen MR) is 118 cm³/mol. The Morgan fingerprint density at radius 1 is 0.800 bits per heavy atom. The van der Waals surface area contributed by atoms with E-state index in [0.29, 0.717) is 11.8 Å². The molecule has 0 spiro atoms. The molecular formula is C26H30N4. The Bertz CT molecular complexity index is 1140. The number of hydrogen-bond donors (Lipinski definition) is 1. The van der Waals surface area contributed by atoms with E-state index in [1.54, 1.807) is 16.7 Å². The maximum Gasteiger partial charge on any atom is 0.182 e. The van der Waals surface area contributed by atoms with Crippen molar-refractivity contribution in [2.45, 2.75) is 76.0 Å². The van der Waals surface area contributed by atoms with Crippen molar-refractivity contribution in [3.63, 3.8) is 0 Å². The molecule has 3 aliphatic rings. The molecule has 0 radical (unpaired) electrons. The Morgan fingerprint density at radius 3 is 2.20 bits per heavy atom. The first-order valence-corrected chi connectivity index (χ1v) is 11.2. The third-order valence-electron chi connectivity index (χ3n) is 8.66. The summed E-state index contributed by atoms with van der Waals surface area (Å²) < 4.78 is 0. The molecule has 3 aliphatic carbocycles. The minimum atomic E-state index is 0.0976. The van der Waals surface area contributed by atoms with E-state index in [1.807, 2.05) is 0 Å². The van der Waals surface area contributed by atoms with Crippen LogP contribution in [0.15, 0.2) is 42.5 Å². The van der Waals surface area contributed by atoms with Gasteiger partial charge < -0.3 is 0 Å². The van der Waals surface area contributed by atoms with E-state index < -0.39 is 0 Å². The molecule has 30 heavy (non-hydrogen) atoms. The maximum absolute atomic E-state index is 4.44. The quantitative estimate of drug-likeness (QED) is 0.613. The highest BCUT2D eigenvalue weighted by atomic mass is 15.5. The van der Waals surface area contributed by atoms with Gasteiger partial charge in [-0.25, -0.2) is 0 Å². The Balaban J connectivity index is 1.56. The standard InChI is InChI=1S/C26H30N4/c1-24(2)13-14-25(3,4)19-17(11-8-12-18(19)24)21-20-15-9-6-7-10-16(15)22(26(20,21)5)23-27-29-30-28-23/h6-12,20-22H,13-14H2,1-5H3,(H,27,28,29,30). The van der Waals surface area contributed by atoms with Gasteiger partial charge in [-0.2, -0.15) is 5.21 Å². The van der Waals surface area contributed by atoms with Crippen LogP contribution in [0.1, 0.15) is 98.9 Å².